The monoisotopic (exact) mass is 430 g/mol. The highest BCUT2D eigenvalue weighted by Gasteiger charge is 2.12. The molecule has 1 heterocycles. The van der Waals surface area contributed by atoms with Crippen LogP contribution < -0.4 is 5.32 Å². The first-order valence-corrected chi connectivity index (χ1v) is 9.88. The molecule has 0 saturated carbocycles. The molecule has 1 aromatic heterocycles. The summed E-state index contributed by atoms with van der Waals surface area (Å²) in [5.41, 5.74) is 5.19. The standard InChI is InChI=1S/C19H19BrN4OS/c1-12-4-7-17(14(3)8-12)24-11-21-23-19(24)26-10-18(25)22-16-6-5-15(20)9-13(16)2/h4-9,11H,10H2,1-3H3,(H,22,25). The number of aromatic nitrogens is 3. The molecule has 0 bridgehead atoms. The highest BCUT2D eigenvalue weighted by Crippen LogP contribution is 2.24. The van der Waals surface area contributed by atoms with Crippen LogP contribution in [0.3, 0.4) is 0 Å². The maximum atomic E-state index is 12.3. The van der Waals surface area contributed by atoms with Crippen molar-refractivity contribution < 1.29 is 4.79 Å². The molecular formula is C19H19BrN4OS. The number of nitrogens with one attached hydrogen (secondary N) is 1. The van der Waals surface area contributed by atoms with Gasteiger partial charge in [0.05, 0.1) is 11.4 Å². The van der Waals surface area contributed by atoms with Crippen molar-refractivity contribution >= 4 is 39.3 Å². The molecule has 0 unspecified atom stereocenters. The summed E-state index contributed by atoms with van der Waals surface area (Å²) in [6.07, 6.45) is 1.68. The quantitative estimate of drug-likeness (QED) is 0.596. The van der Waals surface area contributed by atoms with Crippen molar-refractivity contribution in [2.24, 2.45) is 0 Å². The van der Waals surface area contributed by atoms with E-state index < -0.39 is 0 Å². The smallest absolute Gasteiger partial charge is 0.234 e. The third-order valence-corrected chi connectivity index (χ3v) is 5.36. The summed E-state index contributed by atoms with van der Waals surface area (Å²) < 4.78 is 2.90. The highest BCUT2D eigenvalue weighted by atomic mass is 79.9. The van der Waals surface area contributed by atoms with Gasteiger partial charge < -0.3 is 5.32 Å². The third kappa shape index (κ3) is 4.34. The molecule has 3 rings (SSSR count). The maximum Gasteiger partial charge on any atom is 0.234 e. The van der Waals surface area contributed by atoms with Crippen LogP contribution in [0.4, 0.5) is 5.69 Å². The fourth-order valence-electron chi connectivity index (χ4n) is 2.65. The molecular weight excluding hydrogens is 412 g/mol. The number of hydrogen-bond donors (Lipinski definition) is 1. The van der Waals surface area contributed by atoms with Crippen molar-refractivity contribution in [3.8, 4) is 5.69 Å². The van der Waals surface area contributed by atoms with Gasteiger partial charge in [0.2, 0.25) is 5.91 Å². The molecule has 0 atom stereocenters. The zero-order valence-corrected chi connectivity index (χ0v) is 17.2. The number of rotatable bonds is 5. The lowest BCUT2D eigenvalue weighted by Gasteiger charge is -2.11. The van der Waals surface area contributed by atoms with Crippen molar-refractivity contribution in [1.29, 1.82) is 0 Å². The summed E-state index contributed by atoms with van der Waals surface area (Å²) in [7, 11) is 0. The molecule has 2 aromatic carbocycles. The molecule has 1 N–H and O–H groups in total. The van der Waals surface area contributed by atoms with Gasteiger partial charge in [0.15, 0.2) is 5.16 Å². The van der Waals surface area contributed by atoms with Crippen LogP contribution in [0.15, 0.2) is 52.4 Å². The van der Waals surface area contributed by atoms with E-state index in [0.717, 1.165) is 27.0 Å². The van der Waals surface area contributed by atoms with Crippen molar-refractivity contribution in [2.45, 2.75) is 25.9 Å². The molecule has 0 saturated heterocycles. The van der Waals surface area contributed by atoms with Gasteiger partial charge >= 0.3 is 0 Å². The van der Waals surface area contributed by atoms with Crippen LogP contribution >= 0.6 is 27.7 Å². The van der Waals surface area contributed by atoms with Gasteiger partial charge in [-0.15, -0.1) is 10.2 Å². The first kappa shape index (κ1) is 18.7. The van der Waals surface area contributed by atoms with E-state index in [1.165, 1.54) is 17.3 Å². The Kier molecular flexibility index (Phi) is 5.78. The first-order chi connectivity index (χ1) is 12.4. The lowest BCUT2D eigenvalue weighted by molar-refractivity contribution is -0.113. The summed E-state index contributed by atoms with van der Waals surface area (Å²) in [4.78, 5) is 12.3. The summed E-state index contributed by atoms with van der Waals surface area (Å²) in [6.45, 7) is 6.08. The van der Waals surface area contributed by atoms with Gasteiger partial charge in [-0.2, -0.15) is 0 Å². The minimum absolute atomic E-state index is 0.0735. The second-order valence-electron chi connectivity index (χ2n) is 6.07. The molecule has 0 aliphatic carbocycles. The Morgan fingerprint density at radius 2 is 1.96 bits per heavy atom. The van der Waals surface area contributed by atoms with Gasteiger partial charge in [0, 0.05) is 10.2 Å². The second-order valence-corrected chi connectivity index (χ2v) is 7.93. The van der Waals surface area contributed by atoms with Gasteiger partial charge in [-0.1, -0.05) is 45.4 Å². The van der Waals surface area contributed by atoms with Gasteiger partial charge in [-0.3, -0.25) is 9.36 Å². The average molecular weight is 431 g/mol. The minimum Gasteiger partial charge on any atom is -0.325 e. The number of hydrogen-bond acceptors (Lipinski definition) is 4. The van der Waals surface area contributed by atoms with Gasteiger partial charge in [0.25, 0.3) is 0 Å². The Labute approximate surface area is 165 Å². The van der Waals surface area contributed by atoms with Crippen molar-refractivity contribution in [3.63, 3.8) is 0 Å². The van der Waals surface area contributed by atoms with Crippen LogP contribution in [0.1, 0.15) is 16.7 Å². The van der Waals surface area contributed by atoms with Crippen LogP contribution in [-0.4, -0.2) is 26.4 Å². The van der Waals surface area contributed by atoms with Crippen LogP contribution in [0.5, 0.6) is 0 Å². The molecule has 5 nitrogen and oxygen atoms in total. The fourth-order valence-corrected chi connectivity index (χ4v) is 3.84. The minimum atomic E-state index is -0.0735. The van der Waals surface area contributed by atoms with Crippen LogP contribution in [0.2, 0.25) is 0 Å². The Morgan fingerprint density at radius 3 is 2.69 bits per heavy atom. The number of benzene rings is 2. The number of aryl methyl sites for hydroxylation is 3. The zero-order valence-electron chi connectivity index (χ0n) is 14.8. The maximum absolute atomic E-state index is 12.3. The molecule has 0 spiro atoms. The highest BCUT2D eigenvalue weighted by molar-refractivity contribution is 9.10. The SMILES string of the molecule is Cc1ccc(-n2cnnc2SCC(=O)Nc2ccc(Br)cc2C)c(C)c1. The van der Waals surface area contributed by atoms with Crippen LogP contribution in [0.25, 0.3) is 5.69 Å². The fraction of sp³-hybridized carbons (Fsp3) is 0.211. The first-order valence-electron chi connectivity index (χ1n) is 8.10. The number of thioether (sulfide) groups is 1. The molecule has 26 heavy (non-hydrogen) atoms. The van der Waals surface area contributed by atoms with E-state index in [0.29, 0.717) is 5.16 Å². The number of carbonyl (C=O) groups excluding carboxylic acids is 1. The number of halogens is 1. The Hall–Kier alpha value is -2.12. The number of nitrogens with zero attached hydrogens (tertiary/aromatic N) is 3. The van der Waals surface area contributed by atoms with Crippen LogP contribution in [-0.2, 0) is 4.79 Å². The van der Waals surface area contributed by atoms with E-state index in [4.69, 9.17) is 0 Å². The van der Waals surface area contributed by atoms with E-state index in [1.54, 1.807) is 6.33 Å². The number of carbonyl (C=O) groups is 1. The number of anilines is 1. The topological polar surface area (TPSA) is 59.8 Å². The molecule has 0 aliphatic heterocycles. The summed E-state index contributed by atoms with van der Waals surface area (Å²) in [5.74, 6) is 0.189. The molecule has 1 amide bonds. The zero-order chi connectivity index (χ0) is 18.7. The predicted octanol–water partition coefficient (Wildman–Crippen LogP) is 4.69. The molecule has 0 fully saturated rings. The summed E-state index contributed by atoms with van der Waals surface area (Å²) in [6, 6.07) is 12.0. The normalized spacial score (nSPS) is 10.8. The van der Waals surface area contributed by atoms with Gasteiger partial charge in [0.1, 0.15) is 6.33 Å². The van der Waals surface area contributed by atoms with Crippen molar-refractivity contribution in [2.75, 3.05) is 11.1 Å². The molecule has 0 aliphatic rings. The Morgan fingerprint density at radius 1 is 1.15 bits per heavy atom. The lowest BCUT2D eigenvalue weighted by atomic mass is 10.1. The van der Waals surface area contributed by atoms with E-state index >= 15 is 0 Å². The predicted molar refractivity (Wildman–Crippen MR) is 109 cm³/mol. The number of amides is 1. The van der Waals surface area contributed by atoms with Crippen molar-refractivity contribution in [1.82, 2.24) is 14.8 Å². The van der Waals surface area contributed by atoms with E-state index in [9.17, 15) is 4.79 Å². The third-order valence-electron chi connectivity index (χ3n) is 3.92. The molecule has 0 radical (unpaired) electrons. The Balaban J connectivity index is 1.69. The second kappa shape index (κ2) is 8.05. The van der Waals surface area contributed by atoms with Crippen LogP contribution in [0, 0.1) is 20.8 Å². The van der Waals surface area contributed by atoms with E-state index in [2.05, 4.69) is 57.4 Å². The molecule has 7 heteroatoms. The molecule has 3 aromatic rings. The van der Waals surface area contributed by atoms with E-state index in [-0.39, 0.29) is 11.7 Å². The largest absolute Gasteiger partial charge is 0.325 e. The van der Waals surface area contributed by atoms with Gasteiger partial charge in [-0.25, -0.2) is 0 Å². The average Bonchev–Trinajstić information content (AvgIpc) is 3.04. The van der Waals surface area contributed by atoms with E-state index in [1.807, 2.05) is 35.8 Å². The molecule has 134 valence electrons. The summed E-state index contributed by atoms with van der Waals surface area (Å²) >= 11 is 4.79. The summed E-state index contributed by atoms with van der Waals surface area (Å²) in [5, 5.41) is 11.8. The lowest BCUT2D eigenvalue weighted by Crippen LogP contribution is -2.15. The Bertz CT molecular complexity index is 954. The van der Waals surface area contributed by atoms with Crippen molar-refractivity contribution in [3.05, 3.63) is 63.9 Å². The van der Waals surface area contributed by atoms with Gasteiger partial charge in [-0.05, 0) is 56.2 Å².